The monoisotopic (exact) mass is 178 g/mol. The van der Waals surface area contributed by atoms with Crippen molar-refractivity contribution in [2.24, 2.45) is 0 Å². The molecule has 0 amide bonds. The van der Waals surface area contributed by atoms with Crippen molar-refractivity contribution in [3.8, 4) is 5.75 Å². The molecule has 62 valence electrons. The van der Waals surface area contributed by atoms with Gasteiger partial charge in [0.2, 0.25) is 0 Å². The van der Waals surface area contributed by atoms with Gasteiger partial charge >= 0.3 is 0 Å². The molecule has 0 atom stereocenters. The molecular formula is C10H10OS. The Hall–Kier alpha value is -1.02. The lowest BCUT2D eigenvalue weighted by atomic mass is 10.2. The standard InChI is InChI=1S/C10H10OS/c1-6-3-8-5-7(2)12-10(8)9(11)4-6/h3-5,11H,1-2H3. The highest BCUT2D eigenvalue weighted by atomic mass is 32.1. The molecule has 0 saturated heterocycles. The highest BCUT2D eigenvalue weighted by Crippen LogP contribution is 2.33. The first-order chi connectivity index (χ1) is 5.66. The number of rotatable bonds is 0. The van der Waals surface area contributed by atoms with Gasteiger partial charge in [-0.05, 0) is 36.9 Å². The van der Waals surface area contributed by atoms with Crippen molar-refractivity contribution in [3.63, 3.8) is 0 Å². The van der Waals surface area contributed by atoms with E-state index in [1.54, 1.807) is 17.4 Å². The van der Waals surface area contributed by atoms with Gasteiger partial charge in [0.15, 0.2) is 0 Å². The molecule has 2 heteroatoms. The van der Waals surface area contributed by atoms with Crippen LogP contribution in [0.5, 0.6) is 5.75 Å². The highest BCUT2D eigenvalue weighted by molar-refractivity contribution is 7.19. The van der Waals surface area contributed by atoms with E-state index in [9.17, 15) is 5.11 Å². The molecule has 1 heterocycles. The summed E-state index contributed by atoms with van der Waals surface area (Å²) < 4.78 is 0.998. The number of aromatic hydroxyl groups is 1. The third-order valence-corrected chi connectivity index (χ3v) is 2.95. The SMILES string of the molecule is Cc1cc(O)c2sc(C)cc2c1. The number of thiophene rings is 1. The molecule has 1 nitrogen and oxygen atoms in total. The zero-order valence-corrected chi connectivity index (χ0v) is 7.90. The Bertz CT molecular complexity index is 429. The number of phenolic OH excluding ortho intramolecular Hbond substituents is 1. The van der Waals surface area contributed by atoms with Crippen LogP contribution in [0.2, 0.25) is 0 Å². The molecule has 0 radical (unpaired) electrons. The van der Waals surface area contributed by atoms with Gasteiger partial charge in [0, 0.05) is 4.88 Å². The van der Waals surface area contributed by atoms with Gasteiger partial charge in [-0.3, -0.25) is 0 Å². The molecule has 0 saturated carbocycles. The summed E-state index contributed by atoms with van der Waals surface area (Å²) in [6, 6.07) is 6.00. The summed E-state index contributed by atoms with van der Waals surface area (Å²) in [5, 5.41) is 10.7. The molecule has 1 aromatic carbocycles. The van der Waals surface area contributed by atoms with Gasteiger partial charge in [0.25, 0.3) is 0 Å². The van der Waals surface area contributed by atoms with Crippen LogP contribution in [0.15, 0.2) is 18.2 Å². The van der Waals surface area contributed by atoms with E-state index in [0.29, 0.717) is 5.75 Å². The molecule has 1 N–H and O–H groups in total. The predicted octanol–water partition coefficient (Wildman–Crippen LogP) is 3.22. The molecule has 0 unspecified atom stereocenters. The van der Waals surface area contributed by atoms with Gasteiger partial charge in [-0.25, -0.2) is 0 Å². The second-order valence-corrected chi connectivity index (χ2v) is 4.32. The van der Waals surface area contributed by atoms with Crippen molar-refractivity contribution in [2.75, 3.05) is 0 Å². The van der Waals surface area contributed by atoms with Crippen molar-refractivity contribution in [3.05, 3.63) is 28.6 Å². The van der Waals surface area contributed by atoms with Crippen LogP contribution in [0.1, 0.15) is 10.4 Å². The molecule has 2 rings (SSSR count). The summed E-state index contributed by atoms with van der Waals surface area (Å²) in [6.45, 7) is 4.05. The van der Waals surface area contributed by atoms with Crippen molar-refractivity contribution in [1.82, 2.24) is 0 Å². The fraction of sp³-hybridized carbons (Fsp3) is 0.200. The van der Waals surface area contributed by atoms with E-state index in [1.165, 1.54) is 4.88 Å². The van der Waals surface area contributed by atoms with Crippen LogP contribution in [-0.2, 0) is 0 Å². The third-order valence-electron chi connectivity index (χ3n) is 1.86. The first-order valence-corrected chi connectivity index (χ1v) is 4.68. The quantitative estimate of drug-likeness (QED) is 0.656. The van der Waals surface area contributed by atoms with E-state index in [0.717, 1.165) is 15.6 Å². The number of benzene rings is 1. The first-order valence-electron chi connectivity index (χ1n) is 3.86. The number of aryl methyl sites for hydroxylation is 2. The molecule has 0 aliphatic heterocycles. The van der Waals surface area contributed by atoms with E-state index in [2.05, 4.69) is 19.1 Å². The molecule has 0 aliphatic carbocycles. The van der Waals surface area contributed by atoms with Crippen molar-refractivity contribution >= 4 is 21.4 Å². The van der Waals surface area contributed by atoms with Crippen LogP contribution in [0.25, 0.3) is 10.1 Å². The maximum Gasteiger partial charge on any atom is 0.133 e. The lowest BCUT2D eigenvalue weighted by Crippen LogP contribution is -1.70. The normalized spacial score (nSPS) is 10.8. The maximum atomic E-state index is 9.58. The Morgan fingerprint density at radius 3 is 2.67 bits per heavy atom. The lowest BCUT2D eigenvalue weighted by molar-refractivity contribution is 0.482. The van der Waals surface area contributed by atoms with Crippen LogP contribution in [0, 0.1) is 13.8 Å². The summed E-state index contributed by atoms with van der Waals surface area (Å²) in [4.78, 5) is 1.24. The fourth-order valence-electron chi connectivity index (χ4n) is 1.41. The minimum Gasteiger partial charge on any atom is -0.506 e. The van der Waals surface area contributed by atoms with Gasteiger partial charge in [0.1, 0.15) is 5.75 Å². The smallest absolute Gasteiger partial charge is 0.133 e. The summed E-state index contributed by atoms with van der Waals surface area (Å²) in [6.07, 6.45) is 0. The number of hydrogen-bond donors (Lipinski definition) is 1. The molecular weight excluding hydrogens is 168 g/mol. The van der Waals surface area contributed by atoms with E-state index in [1.807, 2.05) is 6.92 Å². The Morgan fingerprint density at radius 1 is 1.17 bits per heavy atom. The van der Waals surface area contributed by atoms with Crippen LogP contribution in [-0.4, -0.2) is 5.11 Å². The second kappa shape index (κ2) is 2.49. The fourth-order valence-corrected chi connectivity index (χ4v) is 2.32. The van der Waals surface area contributed by atoms with E-state index in [4.69, 9.17) is 0 Å². The average molecular weight is 178 g/mol. The minimum absolute atomic E-state index is 0.406. The van der Waals surface area contributed by atoms with Crippen LogP contribution < -0.4 is 0 Å². The number of hydrogen-bond acceptors (Lipinski definition) is 2. The Balaban J connectivity index is 2.88. The molecule has 1 aromatic heterocycles. The van der Waals surface area contributed by atoms with Crippen molar-refractivity contribution in [1.29, 1.82) is 0 Å². The van der Waals surface area contributed by atoms with E-state index in [-0.39, 0.29) is 0 Å². The molecule has 0 spiro atoms. The molecule has 0 aliphatic rings. The molecule has 0 fully saturated rings. The zero-order valence-electron chi connectivity index (χ0n) is 7.09. The minimum atomic E-state index is 0.406. The van der Waals surface area contributed by atoms with Gasteiger partial charge in [0.05, 0.1) is 4.70 Å². The molecule has 12 heavy (non-hydrogen) atoms. The molecule has 0 bridgehead atoms. The zero-order chi connectivity index (χ0) is 8.72. The second-order valence-electron chi connectivity index (χ2n) is 3.06. The third kappa shape index (κ3) is 1.08. The summed E-state index contributed by atoms with van der Waals surface area (Å²) in [5.74, 6) is 0.406. The highest BCUT2D eigenvalue weighted by Gasteiger charge is 2.03. The Kier molecular flexibility index (Phi) is 1.58. The summed E-state index contributed by atoms with van der Waals surface area (Å²) in [5.41, 5.74) is 1.11. The van der Waals surface area contributed by atoms with E-state index < -0.39 is 0 Å². The number of phenols is 1. The number of fused-ring (bicyclic) bond motifs is 1. The Labute approximate surface area is 75.3 Å². The summed E-state index contributed by atoms with van der Waals surface area (Å²) in [7, 11) is 0. The molecule has 2 aromatic rings. The van der Waals surface area contributed by atoms with Gasteiger partial charge in [-0.1, -0.05) is 6.07 Å². The maximum absolute atomic E-state index is 9.58. The van der Waals surface area contributed by atoms with Gasteiger partial charge in [-0.2, -0.15) is 0 Å². The topological polar surface area (TPSA) is 20.2 Å². The Morgan fingerprint density at radius 2 is 1.92 bits per heavy atom. The van der Waals surface area contributed by atoms with Crippen LogP contribution in [0.3, 0.4) is 0 Å². The average Bonchev–Trinajstić information content (AvgIpc) is 2.29. The van der Waals surface area contributed by atoms with E-state index >= 15 is 0 Å². The van der Waals surface area contributed by atoms with Gasteiger partial charge in [-0.15, -0.1) is 11.3 Å². The van der Waals surface area contributed by atoms with Crippen molar-refractivity contribution in [2.45, 2.75) is 13.8 Å². The summed E-state index contributed by atoms with van der Waals surface area (Å²) >= 11 is 1.64. The predicted molar refractivity (Wildman–Crippen MR) is 53.0 cm³/mol. The van der Waals surface area contributed by atoms with Crippen molar-refractivity contribution < 1.29 is 5.11 Å². The van der Waals surface area contributed by atoms with Crippen LogP contribution in [0.4, 0.5) is 0 Å². The van der Waals surface area contributed by atoms with Crippen LogP contribution >= 0.6 is 11.3 Å². The first kappa shape index (κ1) is 7.62. The largest absolute Gasteiger partial charge is 0.506 e. The lowest BCUT2D eigenvalue weighted by Gasteiger charge is -1.95. The van der Waals surface area contributed by atoms with Gasteiger partial charge < -0.3 is 5.11 Å².